The third-order valence-corrected chi connectivity index (χ3v) is 8.60. The van der Waals surface area contributed by atoms with Crippen LogP contribution in [0.3, 0.4) is 0 Å². The van der Waals surface area contributed by atoms with E-state index in [2.05, 4.69) is 0 Å². The minimum Gasteiger partial charge on any atom is -0.395 e. The molecule has 0 aromatic heterocycles. The molecule has 0 aliphatic carbocycles. The van der Waals surface area contributed by atoms with Crippen molar-refractivity contribution < 1.29 is 36.3 Å². The smallest absolute Gasteiger partial charge is 0.395 e. The van der Waals surface area contributed by atoms with E-state index >= 15 is 0 Å². The first-order valence-corrected chi connectivity index (χ1v) is 16.4. The van der Waals surface area contributed by atoms with Crippen molar-refractivity contribution in [2.24, 2.45) is 0 Å². The highest BCUT2D eigenvalue weighted by atomic mass is 31.2. The van der Waals surface area contributed by atoms with Crippen LogP contribution in [0.5, 0.6) is 28.7 Å². The second-order valence-electron chi connectivity index (χ2n) is 9.37. The second kappa shape index (κ2) is 14.1. The maximum absolute atomic E-state index is 13.7. The average molecular weight is 617 g/mol. The predicted octanol–water partition coefficient (Wildman–Crippen LogP) is 9.55. The van der Waals surface area contributed by atoms with Gasteiger partial charge in [-0.2, -0.15) is 4.57 Å². The van der Waals surface area contributed by atoms with Crippen molar-refractivity contribution in [3.05, 3.63) is 151 Å². The van der Waals surface area contributed by atoms with Gasteiger partial charge >= 0.3 is 15.6 Å². The fourth-order valence-corrected chi connectivity index (χ4v) is 6.61. The summed E-state index contributed by atoms with van der Waals surface area (Å²) in [7, 11) is -8.17. The number of rotatable bonds is 14. The molecule has 0 fully saturated rings. The Morgan fingerprint density at radius 1 is 0.442 bits per heavy atom. The molecule has 5 aromatic carbocycles. The standard InChI is InChI=1S/C33H30O8P2/c1-27(36-42(34,37-29-14-6-2-7-15-29)38-30-16-8-3-9-17-30)26-28-22-24-33(25-23-28)41-43(35,39-31-18-10-4-11-19-31)40-32-20-12-5-13-21-32/h2-25,27H,26H2,1H3. The molecule has 0 radical (unpaired) electrons. The van der Waals surface area contributed by atoms with E-state index in [4.69, 9.17) is 27.1 Å². The zero-order chi connectivity index (χ0) is 30.0. The van der Waals surface area contributed by atoms with Gasteiger partial charge in [-0.3, -0.25) is 4.52 Å². The molecule has 1 unspecified atom stereocenters. The van der Waals surface area contributed by atoms with Gasteiger partial charge in [-0.05, 0) is 79.6 Å². The highest BCUT2D eigenvalue weighted by Gasteiger charge is 2.34. The van der Waals surface area contributed by atoms with Crippen LogP contribution in [0.25, 0.3) is 0 Å². The molecule has 0 heterocycles. The molecule has 0 aliphatic heterocycles. The van der Waals surface area contributed by atoms with Crippen LogP contribution in [-0.4, -0.2) is 6.10 Å². The summed E-state index contributed by atoms with van der Waals surface area (Å²) >= 11 is 0. The van der Waals surface area contributed by atoms with E-state index in [1.807, 2.05) is 24.3 Å². The fourth-order valence-electron chi connectivity index (χ4n) is 3.96. The van der Waals surface area contributed by atoms with E-state index in [-0.39, 0.29) is 5.75 Å². The van der Waals surface area contributed by atoms with Gasteiger partial charge in [0.2, 0.25) is 0 Å². The van der Waals surface area contributed by atoms with Crippen LogP contribution in [0.15, 0.2) is 146 Å². The van der Waals surface area contributed by atoms with Crippen molar-refractivity contribution in [3.63, 3.8) is 0 Å². The van der Waals surface area contributed by atoms with Crippen molar-refractivity contribution >= 4 is 15.6 Å². The quantitative estimate of drug-likeness (QED) is 0.114. The van der Waals surface area contributed by atoms with Gasteiger partial charge in [-0.15, -0.1) is 0 Å². The molecule has 1 atom stereocenters. The number of phosphoric acid groups is 2. The lowest BCUT2D eigenvalue weighted by atomic mass is 10.1. The highest BCUT2D eigenvalue weighted by molar-refractivity contribution is 7.50. The Hall–Kier alpha value is -4.48. The molecule has 0 saturated heterocycles. The van der Waals surface area contributed by atoms with Gasteiger partial charge in [0.15, 0.2) is 0 Å². The number of hydrogen-bond acceptors (Lipinski definition) is 8. The Morgan fingerprint density at radius 3 is 1.09 bits per heavy atom. The van der Waals surface area contributed by atoms with Crippen molar-refractivity contribution in [3.8, 4) is 28.7 Å². The summed E-state index contributed by atoms with van der Waals surface area (Å²) in [6, 6.07) is 41.6. The van der Waals surface area contributed by atoms with Gasteiger partial charge in [0, 0.05) is 0 Å². The topological polar surface area (TPSA) is 89.5 Å². The third-order valence-electron chi connectivity index (χ3n) is 5.81. The first kappa shape index (κ1) is 30.0. The van der Waals surface area contributed by atoms with Crippen LogP contribution in [0.1, 0.15) is 12.5 Å². The Kier molecular flexibility index (Phi) is 9.85. The summed E-state index contributed by atoms with van der Waals surface area (Å²) in [4.78, 5) is 0. The molecular formula is C33H30O8P2. The predicted molar refractivity (Wildman–Crippen MR) is 165 cm³/mol. The zero-order valence-electron chi connectivity index (χ0n) is 23.3. The van der Waals surface area contributed by atoms with Gasteiger partial charge < -0.3 is 22.6 Å². The van der Waals surface area contributed by atoms with E-state index in [1.54, 1.807) is 128 Å². The summed E-state index contributed by atoms with van der Waals surface area (Å²) in [5.41, 5.74) is 0.841. The molecule has 0 N–H and O–H groups in total. The molecule has 5 rings (SSSR count). The maximum atomic E-state index is 13.7. The van der Waals surface area contributed by atoms with Crippen LogP contribution in [0.2, 0.25) is 0 Å². The Balaban J connectivity index is 1.27. The van der Waals surface area contributed by atoms with Crippen LogP contribution in [-0.2, 0) is 20.1 Å². The minimum atomic E-state index is -4.12. The van der Waals surface area contributed by atoms with E-state index in [0.29, 0.717) is 29.4 Å². The lowest BCUT2D eigenvalue weighted by Gasteiger charge is -2.22. The molecule has 43 heavy (non-hydrogen) atoms. The number of hydrogen-bond donors (Lipinski definition) is 0. The summed E-state index contributed by atoms with van der Waals surface area (Å²) in [5, 5.41) is 0. The molecule has 0 saturated carbocycles. The molecule has 0 aliphatic rings. The Labute approximate surface area is 251 Å². The lowest BCUT2D eigenvalue weighted by molar-refractivity contribution is 0.154. The van der Waals surface area contributed by atoms with Crippen LogP contribution < -0.4 is 22.6 Å². The molecule has 0 spiro atoms. The van der Waals surface area contributed by atoms with Gasteiger partial charge in [-0.1, -0.05) is 84.9 Å². The molecular weight excluding hydrogens is 586 g/mol. The SMILES string of the molecule is CC(Cc1ccc(OP(=O)(Oc2ccccc2)Oc2ccccc2)cc1)OP(=O)(Oc1ccccc1)Oc1ccccc1. The highest BCUT2D eigenvalue weighted by Crippen LogP contribution is 2.51. The van der Waals surface area contributed by atoms with Gasteiger partial charge in [-0.25, -0.2) is 4.57 Å². The van der Waals surface area contributed by atoms with E-state index in [0.717, 1.165) is 5.56 Å². The van der Waals surface area contributed by atoms with Crippen LogP contribution in [0, 0.1) is 0 Å². The maximum Gasteiger partial charge on any atom is 0.647 e. The number of phosphoric ester groups is 2. The van der Waals surface area contributed by atoms with E-state index in [1.165, 1.54) is 0 Å². The van der Waals surface area contributed by atoms with Crippen LogP contribution in [0.4, 0.5) is 0 Å². The molecule has 5 aromatic rings. The van der Waals surface area contributed by atoms with Gasteiger partial charge in [0.05, 0.1) is 6.10 Å². The van der Waals surface area contributed by atoms with Gasteiger partial charge in [0.1, 0.15) is 28.7 Å². The minimum absolute atomic E-state index is 0.276. The summed E-state index contributed by atoms with van der Waals surface area (Å²) in [6.07, 6.45) is -0.182. The van der Waals surface area contributed by atoms with Crippen molar-refractivity contribution in [1.82, 2.24) is 0 Å². The molecule has 220 valence electrons. The Bertz CT molecular complexity index is 1560. The van der Waals surface area contributed by atoms with Gasteiger partial charge in [0.25, 0.3) is 0 Å². The summed E-state index contributed by atoms with van der Waals surface area (Å²) in [6.45, 7) is 1.77. The lowest BCUT2D eigenvalue weighted by Crippen LogP contribution is -2.15. The molecule has 10 heteroatoms. The number of benzene rings is 5. The first-order valence-electron chi connectivity index (χ1n) is 13.5. The monoisotopic (exact) mass is 616 g/mol. The van der Waals surface area contributed by atoms with Crippen molar-refractivity contribution in [1.29, 1.82) is 0 Å². The first-order chi connectivity index (χ1) is 20.9. The second-order valence-corrected chi connectivity index (χ2v) is 12.3. The van der Waals surface area contributed by atoms with Crippen LogP contribution >= 0.6 is 15.6 Å². The normalized spacial score (nSPS) is 12.1. The third kappa shape index (κ3) is 9.25. The average Bonchev–Trinajstić information content (AvgIpc) is 3.00. The molecule has 8 nitrogen and oxygen atoms in total. The van der Waals surface area contributed by atoms with E-state index in [9.17, 15) is 9.13 Å². The largest absolute Gasteiger partial charge is 0.647 e. The molecule has 0 amide bonds. The number of para-hydroxylation sites is 4. The van der Waals surface area contributed by atoms with Crippen molar-refractivity contribution in [2.45, 2.75) is 19.4 Å². The Morgan fingerprint density at radius 2 is 0.744 bits per heavy atom. The summed E-state index contributed by atoms with van der Waals surface area (Å²) in [5.74, 6) is 1.66. The van der Waals surface area contributed by atoms with Crippen molar-refractivity contribution in [2.75, 3.05) is 0 Å². The van der Waals surface area contributed by atoms with E-state index < -0.39 is 21.7 Å². The molecule has 0 bridgehead atoms. The summed E-state index contributed by atoms with van der Waals surface area (Å²) < 4.78 is 61.9. The fraction of sp³-hybridized carbons (Fsp3) is 0.0909. The zero-order valence-corrected chi connectivity index (χ0v) is 25.1.